The van der Waals surface area contributed by atoms with Crippen LogP contribution in [0.4, 0.5) is 0 Å². The minimum Gasteiger partial charge on any atom is -0.508 e. The first-order valence-electron chi connectivity index (χ1n) is 9.24. The van der Waals surface area contributed by atoms with Crippen molar-refractivity contribution in [2.24, 2.45) is 5.92 Å². The highest BCUT2D eigenvalue weighted by Gasteiger charge is 2.38. The third-order valence-electron chi connectivity index (χ3n) is 5.48. The molecule has 1 aliphatic carbocycles. The van der Waals surface area contributed by atoms with Gasteiger partial charge in [0.2, 0.25) is 0 Å². The number of hydrogen-bond acceptors (Lipinski definition) is 6. The monoisotopic (exact) mass is 395 g/mol. The smallest absolute Gasteiger partial charge is 0.309 e. The van der Waals surface area contributed by atoms with Crippen LogP contribution in [0.5, 0.6) is 5.75 Å². The van der Waals surface area contributed by atoms with E-state index in [0.29, 0.717) is 25.8 Å². The molecule has 1 unspecified atom stereocenters. The van der Waals surface area contributed by atoms with Crippen LogP contribution in [0.15, 0.2) is 24.3 Å². The van der Waals surface area contributed by atoms with Gasteiger partial charge in [0.1, 0.15) is 5.75 Å². The maximum absolute atomic E-state index is 12.4. The average molecular weight is 395 g/mol. The number of ether oxygens (including phenoxy) is 1. The Morgan fingerprint density at radius 2 is 1.89 bits per heavy atom. The summed E-state index contributed by atoms with van der Waals surface area (Å²) in [6, 6.07) is 6.62. The molecule has 1 N–H and O–H groups in total. The molecule has 1 atom stereocenters. The van der Waals surface area contributed by atoms with Crippen LogP contribution in [0.2, 0.25) is 0 Å². The first-order valence-corrected chi connectivity index (χ1v) is 11.1. The van der Waals surface area contributed by atoms with E-state index in [1.807, 2.05) is 12.1 Å². The number of likely N-dealkylation sites (N-methyl/N-ethyl adjacent to an activating group) is 1. The first kappa shape index (κ1) is 19.7. The molecule has 3 rings (SSSR count). The molecule has 1 saturated carbocycles. The molecular formula is C19H25NO6S. The number of benzene rings is 1. The Kier molecular flexibility index (Phi) is 5.74. The van der Waals surface area contributed by atoms with Crippen molar-refractivity contribution >= 4 is 21.7 Å². The summed E-state index contributed by atoms with van der Waals surface area (Å²) in [6.45, 7) is 1.84. The minimum absolute atomic E-state index is 0.0164. The van der Waals surface area contributed by atoms with Crippen LogP contribution in [0.3, 0.4) is 0 Å². The van der Waals surface area contributed by atoms with Gasteiger partial charge in [-0.3, -0.25) is 9.59 Å². The third-order valence-corrected chi connectivity index (χ3v) is 7.23. The van der Waals surface area contributed by atoms with Crippen LogP contribution in [0.1, 0.15) is 37.7 Å². The number of carbonyl (C=O) groups is 2. The van der Waals surface area contributed by atoms with Gasteiger partial charge in [-0.1, -0.05) is 12.1 Å². The van der Waals surface area contributed by atoms with Crippen molar-refractivity contribution < 1.29 is 27.9 Å². The number of phenols is 1. The van der Waals surface area contributed by atoms with Crippen LogP contribution < -0.4 is 0 Å². The predicted octanol–water partition coefficient (Wildman–Crippen LogP) is 1.46. The zero-order valence-electron chi connectivity index (χ0n) is 15.3. The quantitative estimate of drug-likeness (QED) is 0.732. The molecule has 8 heteroatoms. The molecule has 1 saturated heterocycles. The van der Waals surface area contributed by atoms with Crippen LogP contribution in [0, 0.1) is 5.92 Å². The van der Waals surface area contributed by atoms with E-state index in [2.05, 4.69) is 0 Å². The number of hydrogen-bond donors (Lipinski definition) is 1. The number of nitrogens with zero attached hydrogens (tertiary/aromatic N) is 1. The Morgan fingerprint density at radius 1 is 1.22 bits per heavy atom. The summed E-state index contributed by atoms with van der Waals surface area (Å²) in [5.41, 5.74) is 1.08. The molecule has 0 spiro atoms. The highest BCUT2D eigenvalue weighted by molar-refractivity contribution is 7.91. The van der Waals surface area contributed by atoms with E-state index in [9.17, 15) is 23.1 Å². The van der Waals surface area contributed by atoms with E-state index in [-0.39, 0.29) is 53.6 Å². The predicted molar refractivity (Wildman–Crippen MR) is 99.0 cm³/mol. The summed E-state index contributed by atoms with van der Waals surface area (Å²) in [6.07, 6.45) is 1.76. The maximum atomic E-state index is 12.4. The van der Waals surface area contributed by atoms with Gasteiger partial charge in [0, 0.05) is 12.6 Å². The first-order chi connectivity index (χ1) is 12.8. The number of sulfone groups is 1. The van der Waals surface area contributed by atoms with Crippen molar-refractivity contribution in [2.75, 3.05) is 24.7 Å². The van der Waals surface area contributed by atoms with Crippen molar-refractivity contribution in [1.82, 2.24) is 4.90 Å². The Bertz CT molecular complexity index is 798. The van der Waals surface area contributed by atoms with Crippen LogP contribution in [-0.4, -0.2) is 61.0 Å². The van der Waals surface area contributed by atoms with Gasteiger partial charge >= 0.3 is 5.97 Å². The molecule has 148 valence electrons. The fourth-order valence-corrected chi connectivity index (χ4v) is 5.55. The highest BCUT2D eigenvalue weighted by atomic mass is 32.2. The zero-order valence-corrected chi connectivity index (χ0v) is 16.2. The van der Waals surface area contributed by atoms with Crippen molar-refractivity contribution in [1.29, 1.82) is 0 Å². The van der Waals surface area contributed by atoms with E-state index in [1.165, 1.54) is 4.90 Å². The standard InChI is InChI=1S/C19H25NO6S/c1-2-20(16-7-8-27(24,25)12-16)18(22)11-26-19(23)15-9-14(10-15)13-3-5-17(21)6-4-13/h3-6,14-16,21H,2,7-12H2,1H3. The van der Waals surface area contributed by atoms with Crippen molar-refractivity contribution in [3.05, 3.63) is 29.8 Å². The van der Waals surface area contributed by atoms with E-state index >= 15 is 0 Å². The van der Waals surface area contributed by atoms with Gasteiger partial charge in [-0.15, -0.1) is 0 Å². The lowest BCUT2D eigenvalue weighted by Crippen LogP contribution is -2.43. The lowest BCUT2D eigenvalue weighted by Gasteiger charge is -2.34. The summed E-state index contributed by atoms with van der Waals surface area (Å²) < 4.78 is 28.4. The van der Waals surface area contributed by atoms with E-state index in [0.717, 1.165) is 5.56 Å². The molecule has 1 heterocycles. The Hall–Kier alpha value is -2.09. The SMILES string of the molecule is CCN(C(=O)COC(=O)C1CC(c2ccc(O)cc2)C1)C1CCS(=O)(=O)C1. The average Bonchev–Trinajstić information content (AvgIpc) is 2.93. The molecule has 1 aromatic rings. The van der Waals surface area contributed by atoms with Crippen molar-refractivity contribution in [2.45, 2.75) is 38.1 Å². The molecule has 0 aromatic heterocycles. The molecule has 2 fully saturated rings. The summed E-state index contributed by atoms with van der Waals surface area (Å²) in [4.78, 5) is 26.0. The number of aromatic hydroxyl groups is 1. The second-order valence-corrected chi connectivity index (χ2v) is 9.53. The number of phenolic OH excluding ortho intramolecular Hbond substituents is 1. The zero-order chi connectivity index (χ0) is 19.6. The number of esters is 1. The highest BCUT2D eigenvalue weighted by Crippen LogP contribution is 2.42. The number of rotatable bonds is 6. The Labute approximate surface area is 159 Å². The van der Waals surface area contributed by atoms with Gasteiger partial charge in [-0.05, 0) is 49.8 Å². The maximum Gasteiger partial charge on any atom is 0.309 e. The second-order valence-electron chi connectivity index (χ2n) is 7.30. The molecule has 27 heavy (non-hydrogen) atoms. The van der Waals surface area contributed by atoms with E-state index in [4.69, 9.17) is 4.74 Å². The van der Waals surface area contributed by atoms with Gasteiger partial charge in [0.25, 0.3) is 5.91 Å². The van der Waals surface area contributed by atoms with E-state index in [1.54, 1.807) is 19.1 Å². The molecular weight excluding hydrogens is 370 g/mol. The molecule has 1 amide bonds. The molecule has 0 radical (unpaired) electrons. The fourth-order valence-electron chi connectivity index (χ4n) is 3.82. The van der Waals surface area contributed by atoms with Crippen LogP contribution >= 0.6 is 0 Å². The van der Waals surface area contributed by atoms with Crippen LogP contribution in [0.25, 0.3) is 0 Å². The van der Waals surface area contributed by atoms with Gasteiger partial charge < -0.3 is 14.7 Å². The summed E-state index contributed by atoms with van der Waals surface area (Å²) in [5.74, 6) is -0.397. The Balaban J connectivity index is 1.45. The minimum atomic E-state index is -3.08. The third kappa shape index (κ3) is 4.61. The van der Waals surface area contributed by atoms with Crippen molar-refractivity contribution in [3.8, 4) is 5.75 Å². The normalized spacial score (nSPS) is 26.2. The number of carbonyl (C=O) groups excluding carboxylic acids is 2. The van der Waals surface area contributed by atoms with Gasteiger partial charge in [-0.2, -0.15) is 0 Å². The van der Waals surface area contributed by atoms with Gasteiger partial charge in [0.05, 0.1) is 17.4 Å². The largest absolute Gasteiger partial charge is 0.508 e. The summed E-state index contributed by atoms with van der Waals surface area (Å²) >= 11 is 0. The second kappa shape index (κ2) is 7.88. The summed E-state index contributed by atoms with van der Waals surface area (Å²) in [5, 5.41) is 9.32. The summed E-state index contributed by atoms with van der Waals surface area (Å²) in [7, 11) is -3.08. The molecule has 1 aliphatic heterocycles. The molecule has 7 nitrogen and oxygen atoms in total. The topological polar surface area (TPSA) is 101 Å². The lowest BCUT2D eigenvalue weighted by molar-refractivity contribution is -0.158. The van der Waals surface area contributed by atoms with E-state index < -0.39 is 9.84 Å². The van der Waals surface area contributed by atoms with Crippen molar-refractivity contribution in [3.63, 3.8) is 0 Å². The van der Waals surface area contributed by atoms with Crippen LogP contribution in [-0.2, 0) is 24.2 Å². The molecule has 2 aliphatic rings. The number of amides is 1. The molecule has 1 aromatic carbocycles. The lowest BCUT2D eigenvalue weighted by atomic mass is 9.71. The fraction of sp³-hybridized carbons (Fsp3) is 0.579. The van der Waals surface area contributed by atoms with Gasteiger partial charge in [-0.25, -0.2) is 8.42 Å². The molecule has 0 bridgehead atoms. The Morgan fingerprint density at radius 3 is 2.44 bits per heavy atom. The van der Waals surface area contributed by atoms with Gasteiger partial charge in [0.15, 0.2) is 16.4 Å².